The van der Waals surface area contributed by atoms with Crippen LogP contribution in [0.25, 0.3) is 0 Å². The van der Waals surface area contributed by atoms with Crippen LogP contribution in [-0.4, -0.2) is 39.4 Å². The van der Waals surface area contributed by atoms with Crippen molar-refractivity contribution in [3.8, 4) is 5.75 Å². The van der Waals surface area contributed by atoms with E-state index in [1.165, 1.54) is 12.1 Å². The molecule has 1 fully saturated rings. The lowest BCUT2D eigenvalue weighted by Crippen LogP contribution is -2.46. The van der Waals surface area contributed by atoms with Gasteiger partial charge in [-0.2, -0.15) is 0 Å². The molecule has 0 bridgehead atoms. The van der Waals surface area contributed by atoms with Crippen LogP contribution in [0.5, 0.6) is 5.75 Å². The quantitative estimate of drug-likeness (QED) is 0.342. The summed E-state index contributed by atoms with van der Waals surface area (Å²) in [5.41, 5.74) is 0.724. The second kappa shape index (κ2) is 10.9. The Hall–Kier alpha value is -0.900. The van der Waals surface area contributed by atoms with Crippen molar-refractivity contribution in [2.75, 3.05) is 12.8 Å². The van der Waals surface area contributed by atoms with E-state index in [1.54, 1.807) is 13.1 Å². The Balaban J connectivity index is 0.00000312. The second-order valence-electron chi connectivity index (χ2n) is 6.01. The molecule has 0 heterocycles. The van der Waals surface area contributed by atoms with Crippen molar-refractivity contribution in [2.24, 2.45) is 4.99 Å². The van der Waals surface area contributed by atoms with Crippen LogP contribution in [0.3, 0.4) is 0 Å². The molecule has 1 aromatic rings. The Morgan fingerprint density at radius 2 is 2.20 bits per heavy atom. The average Bonchev–Trinajstić information content (AvgIpc) is 2.61. The van der Waals surface area contributed by atoms with Gasteiger partial charge in [0.15, 0.2) is 17.5 Å². The summed E-state index contributed by atoms with van der Waals surface area (Å²) in [5.74, 6) is 0.376. The number of nitrogens with zero attached hydrogens (tertiary/aromatic N) is 1. The van der Waals surface area contributed by atoms with Crippen LogP contribution in [-0.2, 0) is 17.3 Å². The lowest BCUT2D eigenvalue weighted by Gasteiger charge is -2.30. The second-order valence-corrected chi connectivity index (χ2v) is 8.02. The lowest BCUT2D eigenvalue weighted by molar-refractivity contribution is 0.413. The first-order chi connectivity index (χ1) is 11.5. The number of phenolic OH excluding ortho intramolecular Hbond substituents is 1. The maximum absolute atomic E-state index is 13.4. The molecule has 2 rings (SSSR count). The van der Waals surface area contributed by atoms with E-state index in [0.29, 0.717) is 18.3 Å². The van der Waals surface area contributed by atoms with Gasteiger partial charge in [0.2, 0.25) is 0 Å². The number of halogens is 2. The minimum atomic E-state index is -0.755. The maximum atomic E-state index is 13.4. The Morgan fingerprint density at radius 1 is 1.44 bits per heavy atom. The highest BCUT2D eigenvalue weighted by Crippen LogP contribution is 2.23. The molecule has 25 heavy (non-hydrogen) atoms. The molecular weight excluding hydrogens is 456 g/mol. The predicted octanol–water partition coefficient (Wildman–Crippen LogP) is 2.89. The van der Waals surface area contributed by atoms with E-state index in [1.807, 2.05) is 6.92 Å². The van der Waals surface area contributed by atoms with Gasteiger partial charge in [0.05, 0.1) is 0 Å². The minimum absolute atomic E-state index is 0. The van der Waals surface area contributed by atoms with E-state index in [9.17, 15) is 13.7 Å². The van der Waals surface area contributed by atoms with Crippen LogP contribution in [0.15, 0.2) is 23.2 Å². The lowest BCUT2D eigenvalue weighted by atomic mass is 9.95. The Bertz CT molecular complexity index is 616. The van der Waals surface area contributed by atoms with Gasteiger partial charge in [-0.3, -0.25) is 9.20 Å². The highest BCUT2D eigenvalue weighted by Gasteiger charge is 2.25. The molecule has 1 aliphatic rings. The van der Waals surface area contributed by atoms with Crippen LogP contribution < -0.4 is 10.6 Å². The van der Waals surface area contributed by atoms with Crippen LogP contribution in [0, 0.1) is 5.82 Å². The molecule has 142 valence electrons. The van der Waals surface area contributed by atoms with E-state index in [4.69, 9.17) is 0 Å². The standard InChI is InChI=1S/C17H26FN3O2S.HI/c1-3-24(23)14-6-4-5-13(10-14)21-17(19-2)20-11-12-7-8-16(22)15(18)9-12;/h7-9,13-14,22H,3-6,10-11H2,1-2H3,(H2,19,20,21);1H. The first-order valence-corrected chi connectivity index (χ1v) is 9.73. The Morgan fingerprint density at radius 3 is 2.84 bits per heavy atom. The third-order valence-electron chi connectivity index (χ3n) is 4.32. The Labute approximate surface area is 168 Å². The topological polar surface area (TPSA) is 73.7 Å². The summed E-state index contributed by atoms with van der Waals surface area (Å²) >= 11 is 0. The minimum Gasteiger partial charge on any atom is -0.505 e. The fourth-order valence-corrected chi connectivity index (χ4v) is 4.33. The summed E-state index contributed by atoms with van der Waals surface area (Å²) in [4.78, 5) is 4.20. The molecule has 1 saturated carbocycles. The summed E-state index contributed by atoms with van der Waals surface area (Å²) in [6.07, 6.45) is 4.01. The number of aliphatic imine (C=N–C) groups is 1. The summed E-state index contributed by atoms with van der Waals surface area (Å²) in [5, 5.41) is 16.0. The van der Waals surface area contributed by atoms with Crippen molar-refractivity contribution in [3.63, 3.8) is 0 Å². The molecule has 0 saturated heterocycles. The van der Waals surface area contributed by atoms with Gasteiger partial charge >= 0.3 is 0 Å². The summed E-state index contributed by atoms with van der Waals surface area (Å²) in [6, 6.07) is 4.56. The number of benzene rings is 1. The van der Waals surface area contributed by atoms with Gasteiger partial charge in [-0.1, -0.05) is 19.4 Å². The maximum Gasteiger partial charge on any atom is 0.191 e. The largest absolute Gasteiger partial charge is 0.505 e. The normalized spacial score (nSPS) is 22.0. The molecule has 1 aliphatic carbocycles. The first kappa shape index (κ1) is 22.1. The van der Waals surface area contributed by atoms with Crippen LogP contribution in [0.2, 0.25) is 0 Å². The molecule has 8 heteroatoms. The van der Waals surface area contributed by atoms with Crippen LogP contribution in [0.4, 0.5) is 4.39 Å². The zero-order valence-electron chi connectivity index (χ0n) is 14.6. The van der Waals surface area contributed by atoms with Gasteiger partial charge in [-0.05, 0) is 37.0 Å². The number of nitrogens with one attached hydrogen (secondary N) is 2. The smallest absolute Gasteiger partial charge is 0.191 e. The van der Waals surface area contributed by atoms with Gasteiger partial charge in [0.25, 0.3) is 0 Å². The van der Waals surface area contributed by atoms with Crippen molar-refractivity contribution in [3.05, 3.63) is 29.6 Å². The monoisotopic (exact) mass is 483 g/mol. The molecule has 0 aliphatic heterocycles. The molecule has 0 aromatic heterocycles. The zero-order valence-corrected chi connectivity index (χ0v) is 17.8. The third-order valence-corrected chi connectivity index (χ3v) is 6.06. The van der Waals surface area contributed by atoms with E-state index in [0.717, 1.165) is 31.2 Å². The third kappa shape index (κ3) is 6.73. The van der Waals surface area contributed by atoms with Gasteiger partial charge in [-0.25, -0.2) is 4.39 Å². The van der Waals surface area contributed by atoms with Gasteiger partial charge < -0.3 is 15.7 Å². The van der Waals surface area contributed by atoms with Crippen molar-refractivity contribution in [1.82, 2.24) is 10.6 Å². The van der Waals surface area contributed by atoms with E-state index >= 15 is 0 Å². The number of hydrogen-bond donors (Lipinski definition) is 3. The molecule has 0 radical (unpaired) electrons. The summed E-state index contributed by atoms with van der Waals surface area (Å²) < 4.78 is 25.4. The highest BCUT2D eigenvalue weighted by molar-refractivity contribution is 14.0. The highest BCUT2D eigenvalue weighted by atomic mass is 127. The number of hydrogen-bond acceptors (Lipinski definition) is 3. The molecular formula is C17H27FIN3O2S. The SMILES string of the molecule is CCS(=O)C1CCCC(NC(=NC)NCc2ccc(O)c(F)c2)C1.I. The van der Waals surface area contributed by atoms with E-state index in [-0.39, 0.29) is 41.0 Å². The fourth-order valence-electron chi connectivity index (χ4n) is 2.98. The van der Waals surface area contributed by atoms with Crippen molar-refractivity contribution in [1.29, 1.82) is 0 Å². The Kier molecular flexibility index (Phi) is 9.70. The molecule has 0 amide bonds. The number of aromatic hydroxyl groups is 1. The zero-order chi connectivity index (χ0) is 17.5. The molecule has 3 unspecified atom stereocenters. The molecule has 3 N–H and O–H groups in total. The molecule has 5 nitrogen and oxygen atoms in total. The van der Waals surface area contributed by atoms with E-state index < -0.39 is 16.6 Å². The number of phenols is 1. The van der Waals surface area contributed by atoms with Gasteiger partial charge in [0.1, 0.15) is 0 Å². The molecule has 3 atom stereocenters. The summed E-state index contributed by atoms with van der Waals surface area (Å²) in [6.45, 7) is 2.37. The first-order valence-electron chi connectivity index (χ1n) is 8.35. The number of guanidine groups is 1. The van der Waals surface area contributed by atoms with Crippen molar-refractivity contribution >= 4 is 40.7 Å². The van der Waals surface area contributed by atoms with Crippen LogP contribution >= 0.6 is 24.0 Å². The molecule has 1 aromatic carbocycles. The van der Waals surface area contributed by atoms with Gasteiger partial charge in [-0.15, -0.1) is 24.0 Å². The van der Waals surface area contributed by atoms with Crippen molar-refractivity contribution in [2.45, 2.75) is 50.4 Å². The van der Waals surface area contributed by atoms with Gasteiger partial charge in [0, 0.05) is 41.4 Å². The molecule has 0 spiro atoms. The summed E-state index contributed by atoms with van der Waals surface area (Å²) in [7, 11) is 0.937. The fraction of sp³-hybridized carbons (Fsp3) is 0.588. The van der Waals surface area contributed by atoms with Crippen LogP contribution in [0.1, 0.15) is 38.2 Å². The average molecular weight is 483 g/mol. The number of rotatable bonds is 5. The van der Waals surface area contributed by atoms with E-state index in [2.05, 4.69) is 15.6 Å². The van der Waals surface area contributed by atoms with Crippen molar-refractivity contribution < 1.29 is 13.7 Å². The predicted molar refractivity (Wildman–Crippen MR) is 112 cm³/mol.